The minimum absolute atomic E-state index is 0.215. The van der Waals surface area contributed by atoms with Gasteiger partial charge in [0.1, 0.15) is 0 Å². The molecule has 0 amide bonds. The third-order valence-electron chi connectivity index (χ3n) is 2.44. The second-order valence-electron chi connectivity index (χ2n) is 3.65. The Bertz CT molecular complexity index is 170. The van der Waals surface area contributed by atoms with Crippen molar-refractivity contribution in [1.29, 1.82) is 0 Å². The summed E-state index contributed by atoms with van der Waals surface area (Å²) in [5.41, 5.74) is 0.897. The van der Waals surface area contributed by atoms with E-state index in [1.165, 1.54) is 0 Å². The van der Waals surface area contributed by atoms with Gasteiger partial charge in [-0.25, -0.2) is 0 Å². The van der Waals surface area contributed by atoms with Crippen molar-refractivity contribution in [2.75, 3.05) is 19.6 Å². The summed E-state index contributed by atoms with van der Waals surface area (Å²) in [6, 6.07) is 0. The first kappa shape index (κ1) is 10.5. The van der Waals surface area contributed by atoms with Crippen LogP contribution < -0.4 is 0 Å². The maximum Gasteiger partial charge on any atom is 0.0596 e. The van der Waals surface area contributed by atoms with Crippen LogP contribution >= 0.6 is 0 Å². The van der Waals surface area contributed by atoms with Gasteiger partial charge < -0.3 is 15.2 Å². The maximum atomic E-state index is 9.09. The molecule has 0 aromatic carbocycles. The van der Waals surface area contributed by atoms with Crippen molar-refractivity contribution in [1.82, 2.24) is 4.90 Å². The molecule has 1 fully saturated rings. The first-order chi connectivity index (χ1) is 6.22. The highest BCUT2D eigenvalue weighted by molar-refractivity contribution is 5.84. The molecule has 76 valence electrons. The highest BCUT2D eigenvalue weighted by atomic mass is 16.4. The Morgan fingerprint density at radius 1 is 1.46 bits per heavy atom. The number of likely N-dealkylation sites (tertiary alicyclic amines) is 1. The van der Waals surface area contributed by atoms with Crippen LogP contribution in [-0.2, 0) is 0 Å². The van der Waals surface area contributed by atoms with Gasteiger partial charge in [0, 0.05) is 32.5 Å². The Hall–Kier alpha value is -0.610. The second-order valence-corrected chi connectivity index (χ2v) is 3.65. The highest BCUT2D eigenvalue weighted by Gasteiger charge is 2.14. The van der Waals surface area contributed by atoms with Crippen LogP contribution in [-0.4, -0.2) is 46.7 Å². The topological polar surface area (TPSA) is 56.1 Å². The van der Waals surface area contributed by atoms with E-state index in [2.05, 4.69) is 10.1 Å². The summed E-state index contributed by atoms with van der Waals surface area (Å²) in [4.78, 5) is 2.29. The molecule has 1 saturated heterocycles. The summed E-state index contributed by atoms with van der Waals surface area (Å²) in [5, 5.41) is 20.8. The lowest BCUT2D eigenvalue weighted by Crippen LogP contribution is -2.35. The van der Waals surface area contributed by atoms with Crippen LogP contribution in [0.1, 0.15) is 26.2 Å². The van der Waals surface area contributed by atoms with E-state index in [1.807, 2.05) is 6.92 Å². The van der Waals surface area contributed by atoms with Crippen molar-refractivity contribution < 1.29 is 10.3 Å². The molecule has 13 heavy (non-hydrogen) atoms. The molecule has 0 radical (unpaired) electrons. The van der Waals surface area contributed by atoms with E-state index in [-0.39, 0.29) is 6.10 Å². The average Bonchev–Trinajstić information content (AvgIpc) is 2.15. The van der Waals surface area contributed by atoms with Gasteiger partial charge in [-0.05, 0) is 13.3 Å². The minimum Gasteiger partial charge on any atom is -0.411 e. The monoisotopic (exact) mass is 186 g/mol. The number of aliphatic hydroxyl groups excluding tert-OH is 1. The lowest BCUT2D eigenvalue weighted by Gasteiger charge is -2.27. The number of aliphatic hydroxyl groups is 1. The van der Waals surface area contributed by atoms with Crippen LogP contribution in [0.15, 0.2) is 5.16 Å². The zero-order valence-corrected chi connectivity index (χ0v) is 8.11. The molecule has 4 heteroatoms. The summed E-state index contributed by atoms with van der Waals surface area (Å²) in [6.45, 7) is 4.65. The van der Waals surface area contributed by atoms with E-state index in [1.54, 1.807) is 0 Å². The zero-order valence-electron chi connectivity index (χ0n) is 8.11. The Morgan fingerprint density at radius 2 is 2.08 bits per heavy atom. The SMILES string of the molecule is CC(O)CCN1CCC(=NO)CC1. The molecule has 1 unspecified atom stereocenters. The maximum absolute atomic E-state index is 9.09. The second kappa shape index (κ2) is 5.19. The smallest absolute Gasteiger partial charge is 0.0596 e. The van der Waals surface area contributed by atoms with E-state index in [9.17, 15) is 0 Å². The first-order valence-electron chi connectivity index (χ1n) is 4.82. The molecule has 0 bridgehead atoms. The molecule has 1 aliphatic rings. The Kier molecular flexibility index (Phi) is 4.18. The summed E-state index contributed by atoms with van der Waals surface area (Å²) < 4.78 is 0. The molecule has 0 aliphatic carbocycles. The van der Waals surface area contributed by atoms with Crippen LogP contribution in [0.5, 0.6) is 0 Å². The van der Waals surface area contributed by atoms with E-state index in [0.717, 1.165) is 44.6 Å². The predicted molar refractivity (Wildman–Crippen MR) is 51.2 cm³/mol. The molecule has 4 nitrogen and oxygen atoms in total. The van der Waals surface area contributed by atoms with Crippen LogP contribution in [0.4, 0.5) is 0 Å². The molecule has 0 aromatic heterocycles. The molecule has 1 atom stereocenters. The number of hydrogen-bond donors (Lipinski definition) is 2. The summed E-state index contributed by atoms with van der Waals surface area (Å²) >= 11 is 0. The fourth-order valence-corrected chi connectivity index (χ4v) is 1.50. The van der Waals surface area contributed by atoms with Crippen molar-refractivity contribution in [3.8, 4) is 0 Å². The summed E-state index contributed by atoms with van der Waals surface area (Å²) in [5.74, 6) is 0. The van der Waals surface area contributed by atoms with Crippen LogP contribution in [0.2, 0.25) is 0 Å². The number of rotatable bonds is 3. The minimum atomic E-state index is -0.215. The quantitative estimate of drug-likeness (QED) is 0.503. The number of nitrogens with zero attached hydrogens (tertiary/aromatic N) is 2. The molecule has 1 rings (SSSR count). The molecular formula is C9H18N2O2. The normalized spacial score (nSPS) is 21.5. The van der Waals surface area contributed by atoms with Crippen molar-refractivity contribution in [2.24, 2.45) is 5.16 Å². The summed E-state index contributed by atoms with van der Waals surface area (Å²) in [6.07, 6.45) is 2.32. The largest absolute Gasteiger partial charge is 0.411 e. The van der Waals surface area contributed by atoms with Gasteiger partial charge in [0.15, 0.2) is 0 Å². The van der Waals surface area contributed by atoms with Crippen molar-refractivity contribution >= 4 is 5.71 Å². The van der Waals surface area contributed by atoms with E-state index < -0.39 is 0 Å². The Labute approximate surface area is 78.9 Å². The third-order valence-corrected chi connectivity index (χ3v) is 2.44. The highest BCUT2D eigenvalue weighted by Crippen LogP contribution is 2.08. The Morgan fingerprint density at radius 3 is 2.54 bits per heavy atom. The van der Waals surface area contributed by atoms with E-state index in [0.29, 0.717) is 0 Å². The predicted octanol–water partition coefficient (Wildman–Crippen LogP) is 0.683. The van der Waals surface area contributed by atoms with Crippen LogP contribution in [0, 0.1) is 0 Å². The number of oxime groups is 1. The zero-order chi connectivity index (χ0) is 9.68. The number of piperidine rings is 1. The molecule has 2 N–H and O–H groups in total. The van der Waals surface area contributed by atoms with Gasteiger partial charge in [-0.3, -0.25) is 0 Å². The lowest BCUT2D eigenvalue weighted by atomic mass is 10.1. The van der Waals surface area contributed by atoms with Gasteiger partial charge in [-0.2, -0.15) is 0 Å². The van der Waals surface area contributed by atoms with Crippen LogP contribution in [0.25, 0.3) is 0 Å². The van der Waals surface area contributed by atoms with E-state index in [4.69, 9.17) is 10.3 Å². The van der Waals surface area contributed by atoms with Crippen LogP contribution in [0.3, 0.4) is 0 Å². The fourth-order valence-electron chi connectivity index (χ4n) is 1.50. The van der Waals surface area contributed by atoms with Gasteiger partial charge in [-0.1, -0.05) is 5.16 Å². The molecule has 0 saturated carbocycles. The third kappa shape index (κ3) is 3.74. The lowest BCUT2D eigenvalue weighted by molar-refractivity contribution is 0.155. The van der Waals surface area contributed by atoms with Gasteiger partial charge in [0.05, 0.1) is 11.8 Å². The van der Waals surface area contributed by atoms with Gasteiger partial charge in [-0.15, -0.1) is 0 Å². The van der Waals surface area contributed by atoms with E-state index >= 15 is 0 Å². The van der Waals surface area contributed by atoms with Crippen molar-refractivity contribution in [3.63, 3.8) is 0 Å². The molecule has 0 aromatic rings. The molecule has 1 heterocycles. The standard InChI is InChI=1S/C9H18N2O2/c1-8(12)2-5-11-6-3-9(10-13)4-7-11/h8,12-13H,2-7H2,1H3. The fraction of sp³-hybridized carbons (Fsp3) is 0.889. The van der Waals surface area contributed by atoms with Gasteiger partial charge in [0.2, 0.25) is 0 Å². The average molecular weight is 186 g/mol. The molecule has 0 spiro atoms. The van der Waals surface area contributed by atoms with Gasteiger partial charge in [0.25, 0.3) is 0 Å². The molecule has 1 aliphatic heterocycles. The number of hydrogen-bond acceptors (Lipinski definition) is 4. The molecular weight excluding hydrogens is 168 g/mol. The first-order valence-corrected chi connectivity index (χ1v) is 4.82. The van der Waals surface area contributed by atoms with Crippen molar-refractivity contribution in [3.05, 3.63) is 0 Å². The van der Waals surface area contributed by atoms with Gasteiger partial charge >= 0.3 is 0 Å². The summed E-state index contributed by atoms with van der Waals surface area (Å²) in [7, 11) is 0. The van der Waals surface area contributed by atoms with Crippen molar-refractivity contribution in [2.45, 2.75) is 32.3 Å². The Balaban J connectivity index is 2.18.